The number of hydrogen-bond acceptors (Lipinski definition) is 1. The first-order valence-corrected chi connectivity index (χ1v) is 8.90. The van der Waals surface area contributed by atoms with Crippen LogP contribution in [0.25, 0.3) is 0 Å². The van der Waals surface area contributed by atoms with Crippen LogP contribution in [0.3, 0.4) is 0 Å². The second-order valence-corrected chi connectivity index (χ2v) is 7.09. The summed E-state index contributed by atoms with van der Waals surface area (Å²) in [5.74, 6) is -0.126. The molecule has 0 saturated heterocycles. The Labute approximate surface area is 151 Å². The maximum atomic E-state index is 13.1. The van der Waals surface area contributed by atoms with Crippen LogP contribution in [0.4, 0.5) is 13.2 Å². The van der Waals surface area contributed by atoms with Gasteiger partial charge in [-0.1, -0.05) is 31.0 Å². The van der Waals surface area contributed by atoms with E-state index in [0.717, 1.165) is 31.7 Å². The Morgan fingerprint density at radius 1 is 1.19 bits per heavy atom. The van der Waals surface area contributed by atoms with Gasteiger partial charge < -0.3 is 9.88 Å². The van der Waals surface area contributed by atoms with Crippen LogP contribution < -0.4 is 5.32 Å². The van der Waals surface area contributed by atoms with Gasteiger partial charge in [-0.3, -0.25) is 4.79 Å². The number of aromatic nitrogens is 1. The first-order valence-electron chi connectivity index (χ1n) is 8.90. The van der Waals surface area contributed by atoms with Gasteiger partial charge in [0.05, 0.1) is 5.56 Å². The molecule has 2 aromatic rings. The number of halogens is 3. The molecule has 0 aliphatic heterocycles. The molecule has 26 heavy (non-hydrogen) atoms. The van der Waals surface area contributed by atoms with E-state index < -0.39 is 17.2 Å². The van der Waals surface area contributed by atoms with Gasteiger partial charge >= 0.3 is 6.18 Å². The lowest BCUT2D eigenvalue weighted by Crippen LogP contribution is -2.41. The minimum atomic E-state index is -4.36. The van der Waals surface area contributed by atoms with Gasteiger partial charge in [0.1, 0.15) is 6.04 Å². The van der Waals surface area contributed by atoms with Crippen LogP contribution in [0.15, 0.2) is 48.8 Å². The van der Waals surface area contributed by atoms with Crippen LogP contribution in [-0.2, 0) is 16.4 Å². The van der Waals surface area contributed by atoms with Crippen molar-refractivity contribution in [1.29, 1.82) is 0 Å². The fourth-order valence-electron chi connectivity index (χ4n) is 3.79. The first kappa shape index (κ1) is 18.5. The first-order chi connectivity index (χ1) is 12.3. The van der Waals surface area contributed by atoms with Crippen LogP contribution in [0, 0.1) is 0 Å². The molecule has 6 heteroatoms. The van der Waals surface area contributed by atoms with Gasteiger partial charge in [0.15, 0.2) is 0 Å². The van der Waals surface area contributed by atoms with Crippen molar-refractivity contribution in [3.05, 3.63) is 59.9 Å². The summed E-state index contributed by atoms with van der Waals surface area (Å²) < 4.78 is 41.1. The van der Waals surface area contributed by atoms with Crippen molar-refractivity contribution in [2.24, 2.45) is 0 Å². The van der Waals surface area contributed by atoms with E-state index in [1.54, 1.807) is 17.6 Å². The average molecular weight is 364 g/mol. The Morgan fingerprint density at radius 2 is 1.85 bits per heavy atom. The molecule has 0 bridgehead atoms. The highest BCUT2D eigenvalue weighted by Gasteiger charge is 2.38. The Morgan fingerprint density at radius 3 is 2.46 bits per heavy atom. The Bertz CT molecular complexity index is 747. The van der Waals surface area contributed by atoms with Gasteiger partial charge in [-0.25, -0.2) is 0 Å². The maximum absolute atomic E-state index is 13.1. The molecular weight excluding hydrogens is 341 g/mol. The number of carbonyl (C=O) groups is 1. The van der Waals surface area contributed by atoms with Crippen LogP contribution in [0.5, 0.6) is 0 Å². The molecule has 1 unspecified atom stereocenters. The summed E-state index contributed by atoms with van der Waals surface area (Å²) in [7, 11) is 0. The molecular formula is C20H23F3N2O. The minimum Gasteiger partial charge on any atom is -0.353 e. The minimum absolute atomic E-state index is 0.126. The third-order valence-electron chi connectivity index (χ3n) is 5.42. The normalized spacial score (nSPS) is 17.8. The number of amides is 1. The average Bonchev–Trinajstić information content (AvgIpc) is 3.31. The maximum Gasteiger partial charge on any atom is 0.416 e. The molecule has 1 aliphatic carbocycles. The van der Waals surface area contributed by atoms with Gasteiger partial charge in [-0.05, 0) is 43.5 Å². The molecule has 1 heterocycles. The molecule has 1 aromatic carbocycles. The van der Waals surface area contributed by atoms with E-state index in [1.807, 2.05) is 24.5 Å². The third kappa shape index (κ3) is 3.79. The fraction of sp³-hybridized carbons (Fsp3) is 0.450. The molecule has 1 saturated carbocycles. The Kier molecular flexibility index (Phi) is 5.12. The lowest BCUT2D eigenvalue weighted by Gasteiger charge is -2.31. The molecule has 3 nitrogen and oxygen atoms in total. The fourth-order valence-corrected chi connectivity index (χ4v) is 3.79. The van der Waals surface area contributed by atoms with E-state index in [9.17, 15) is 18.0 Å². The van der Waals surface area contributed by atoms with Gasteiger partial charge in [-0.15, -0.1) is 0 Å². The van der Waals surface area contributed by atoms with Crippen molar-refractivity contribution in [2.45, 2.75) is 50.2 Å². The monoisotopic (exact) mass is 364 g/mol. The van der Waals surface area contributed by atoms with E-state index in [1.165, 1.54) is 12.1 Å². The summed E-state index contributed by atoms with van der Waals surface area (Å²) in [6.07, 6.45) is 2.77. The van der Waals surface area contributed by atoms with Gasteiger partial charge in [0.2, 0.25) is 5.91 Å². The van der Waals surface area contributed by atoms with Crippen molar-refractivity contribution in [1.82, 2.24) is 9.88 Å². The summed E-state index contributed by atoms with van der Waals surface area (Å²) >= 11 is 0. The summed E-state index contributed by atoms with van der Waals surface area (Å²) in [5, 5.41) is 2.97. The highest BCUT2D eigenvalue weighted by atomic mass is 19.4. The summed E-state index contributed by atoms with van der Waals surface area (Å²) in [4.78, 5) is 12.5. The van der Waals surface area contributed by atoms with Crippen LogP contribution in [0.1, 0.15) is 49.8 Å². The number of nitrogens with one attached hydrogen (secondary N) is 1. The molecule has 3 rings (SSSR count). The van der Waals surface area contributed by atoms with E-state index in [-0.39, 0.29) is 11.9 Å². The van der Waals surface area contributed by atoms with Gasteiger partial charge in [0, 0.05) is 24.4 Å². The summed E-state index contributed by atoms with van der Waals surface area (Å²) in [6, 6.07) is 8.90. The van der Waals surface area contributed by atoms with E-state index in [0.29, 0.717) is 12.1 Å². The van der Waals surface area contributed by atoms with Gasteiger partial charge in [0.25, 0.3) is 0 Å². The van der Waals surface area contributed by atoms with Crippen LogP contribution in [0.2, 0.25) is 0 Å². The van der Waals surface area contributed by atoms with E-state index in [2.05, 4.69) is 5.32 Å². The van der Waals surface area contributed by atoms with Gasteiger partial charge in [-0.2, -0.15) is 13.2 Å². The van der Waals surface area contributed by atoms with E-state index >= 15 is 0 Å². The number of hydrogen-bond donors (Lipinski definition) is 1. The second-order valence-electron chi connectivity index (χ2n) is 7.09. The van der Waals surface area contributed by atoms with E-state index in [4.69, 9.17) is 0 Å². The van der Waals surface area contributed by atoms with Crippen molar-refractivity contribution >= 4 is 5.91 Å². The smallest absolute Gasteiger partial charge is 0.353 e. The topological polar surface area (TPSA) is 34.0 Å². The molecule has 0 spiro atoms. The number of rotatable bonds is 5. The quantitative estimate of drug-likeness (QED) is 0.820. The molecule has 1 aliphatic rings. The lowest BCUT2D eigenvalue weighted by atomic mass is 9.78. The highest BCUT2D eigenvalue weighted by molar-refractivity contribution is 5.80. The standard InChI is InChI=1S/C20H23F3N2O/c1-15(25-11-4-5-12-25)18(26)24-14-19(9-2-3-10-19)16-7-6-8-17(13-16)20(21,22)23/h4-8,11-13,15H,2-3,9-10,14H2,1H3,(H,24,26). The molecule has 1 atom stereocenters. The lowest BCUT2D eigenvalue weighted by molar-refractivity contribution is -0.137. The molecule has 1 amide bonds. The largest absolute Gasteiger partial charge is 0.416 e. The molecule has 0 radical (unpaired) electrons. The van der Waals surface area contributed by atoms with Crippen LogP contribution in [-0.4, -0.2) is 17.0 Å². The number of carbonyl (C=O) groups excluding carboxylic acids is 1. The number of nitrogens with zero attached hydrogens (tertiary/aromatic N) is 1. The zero-order chi connectivity index (χ0) is 18.8. The number of alkyl halides is 3. The Balaban J connectivity index is 1.77. The molecule has 140 valence electrons. The van der Waals surface area contributed by atoms with Crippen molar-refractivity contribution in [3.63, 3.8) is 0 Å². The predicted molar refractivity (Wildman–Crippen MR) is 93.7 cm³/mol. The van der Waals surface area contributed by atoms with Crippen molar-refractivity contribution in [2.75, 3.05) is 6.54 Å². The molecule has 1 aromatic heterocycles. The number of benzene rings is 1. The zero-order valence-electron chi connectivity index (χ0n) is 14.7. The zero-order valence-corrected chi connectivity index (χ0v) is 14.7. The second kappa shape index (κ2) is 7.17. The van der Waals surface area contributed by atoms with Crippen LogP contribution >= 0.6 is 0 Å². The SMILES string of the molecule is CC(C(=O)NCC1(c2cccc(C(F)(F)F)c2)CCCC1)n1cccc1. The summed E-state index contributed by atoms with van der Waals surface area (Å²) in [5.41, 5.74) is -0.389. The van der Waals surface area contributed by atoms with Crippen molar-refractivity contribution < 1.29 is 18.0 Å². The highest BCUT2D eigenvalue weighted by Crippen LogP contribution is 2.42. The third-order valence-corrected chi connectivity index (χ3v) is 5.42. The predicted octanol–water partition coefficient (Wildman–Crippen LogP) is 4.70. The molecule has 1 N–H and O–H groups in total. The summed E-state index contributed by atoms with van der Waals surface area (Å²) in [6.45, 7) is 2.17. The van der Waals surface area contributed by atoms with Crippen molar-refractivity contribution in [3.8, 4) is 0 Å². The molecule has 1 fully saturated rings. The Hall–Kier alpha value is -2.24.